The molecule has 1 heterocycles. The van der Waals surface area contributed by atoms with E-state index in [1.54, 1.807) is 18.5 Å². The van der Waals surface area contributed by atoms with Crippen LogP contribution in [0.15, 0.2) is 83.2 Å². The number of hydrogen-bond donors (Lipinski definition) is 2. The number of hydrogen-bond acceptors (Lipinski definition) is 4. The standard InChI is InChI=1S/C26H29N3O3/c1-19-6-10-22(11-7-19)25(30)24-5-3-15-29(24)14-2-4-21(16-27)18-28-17-20-8-12-23(13-9-20)26(31)32/h3,5-12,15-16,18,23H,2,4,13-14,17,27H2,1H3,(H,31,32). The van der Waals surface area contributed by atoms with Gasteiger partial charge in [0.2, 0.25) is 5.78 Å². The number of carbonyl (C=O) groups excluding carboxylic acids is 1. The van der Waals surface area contributed by atoms with Crippen LogP contribution in [-0.2, 0) is 11.3 Å². The molecule has 1 atom stereocenters. The zero-order chi connectivity index (χ0) is 22.9. The molecule has 6 nitrogen and oxygen atoms in total. The van der Waals surface area contributed by atoms with Crippen LogP contribution in [0, 0.1) is 12.8 Å². The van der Waals surface area contributed by atoms with Gasteiger partial charge in [-0.1, -0.05) is 48.1 Å². The van der Waals surface area contributed by atoms with E-state index in [1.165, 1.54) is 0 Å². The first-order valence-electron chi connectivity index (χ1n) is 10.7. The number of carboxylic acid groups (broad SMARTS) is 1. The molecule has 0 spiro atoms. The lowest BCUT2D eigenvalue weighted by molar-refractivity contribution is -0.139. The van der Waals surface area contributed by atoms with Crippen molar-refractivity contribution in [1.82, 2.24) is 4.57 Å². The smallest absolute Gasteiger partial charge is 0.310 e. The predicted molar refractivity (Wildman–Crippen MR) is 127 cm³/mol. The minimum Gasteiger partial charge on any atom is -0.481 e. The minimum atomic E-state index is -0.806. The fourth-order valence-electron chi connectivity index (χ4n) is 3.55. The molecule has 1 aliphatic rings. The summed E-state index contributed by atoms with van der Waals surface area (Å²) in [6, 6.07) is 11.4. The molecule has 0 saturated heterocycles. The van der Waals surface area contributed by atoms with Crippen molar-refractivity contribution < 1.29 is 14.7 Å². The van der Waals surface area contributed by atoms with Gasteiger partial charge in [-0.2, -0.15) is 0 Å². The molecule has 1 aliphatic carbocycles. The van der Waals surface area contributed by atoms with Gasteiger partial charge in [-0.3, -0.25) is 14.6 Å². The van der Waals surface area contributed by atoms with E-state index >= 15 is 0 Å². The van der Waals surface area contributed by atoms with Crippen molar-refractivity contribution >= 4 is 18.0 Å². The van der Waals surface area contributed by atoms with Gasteiger partial charge in [-0.25, -0.2) is 0 Å². The van der Waals surface area contributed by atoms with Crippen LogP contribution in [0.25, 0.3) is 0 Å². The van der Waals surface area contributed by atoms with Gasteiger partial charge < -0.3 is 15.4 Å². The Bertz CT molecular complexity index is 1070. The quantitative estimate of drug-likeness (QED) is 0.433. The van der Waals surface area contributed by atoms with Crippen LogP contribution in [0.5, 0.6) is 0 Å². The highest BCUT2D eigenvalue weighted by Gasteiger charge is 2.15. The first-order valence-corrected chi connectivity index (χ1v) is 10.7. The fourth-order valence-corrected chi connectivity index (χ4v) is 3.55. The monoisotopic (exact) mass is 431 g/mol. The molecule has 3 N–H and O–H groups in total. The SMILES string of the molecule is Cc1ccc(C(=O)c2cccn2CCCC(C=NCC2=CCC(C(=O)O)C=C2)=CN)cc1. The number of aryl methyl sites for hydroxylation is 2. The second kappa shape index (κ2) is 11.1. The molecular weight excluding hydrogens is 402 g/mol. The number of rotatable bonds is 10. The van der Waals surface area contributed by atoms with E-state index in [0.717, 1.165) is 29.6 Å². The number of benzene rings is 1. The molecule has 1 unspecified atom stereocenters. The molecule has 6 heteroatoms. The molecule has 1 aromatic carbocycles. The summed E-state index contributed by atoms with van der Waals surface area (Å²) < 4.78 is 1.98. The van der Waals surface area contributed by atoms with E-state index in [4.69, 9.17) is 10.8 Å². The maximum absolute atomic E-state index is 12.8. The van der Waals surface area contributed by atoms with Crippen molar-refractivity contribution in [3.05, 3.63) is 95.0 Å². The van der Waals surface area contributed by atoms with Gasteiger partial charge in [-0.05, 0) is 55.7 Å². The lowest BCUT2D eigenvalue weighted by Gasteiger charge is -2.11. The summed E-state index contributed by atoms with van der Waals surface area (Å²) in [7, 11) is 0. The second-order valence-electron chi connectivity index (χ2n) is 7.92. The topological polar surface area (TPSA) is 97.7 Å². The molecule has 1 aromatic heterocycles. The number of carbonyl (C=O) groups is 2. The maximum atomic E-state index is 12.8. The second-order valence-corrected chi connectivity index (χ2v) is 7.92. The van der Waals surface area contributed by atoms with Crippen molar-refractivity contribution in [3.63, 3.8) is 0 Å². The fraction of sp³-hybridized carbons (Fsp3) is 0.269. The summed E-state index contributed by atoms with van der Waals surface area (Å²) in [5.74, 6) is -1.23. The van der Waals surface area contributed by atoms with Crippen LogP contribution in [0.3, 0.4) is 0 Å². The molecule has 0 bridgehead atoms. The van der Waals surface area contributed by atoms with Gasteiger partial charge in [-0.15, -0.1) is 0 Å². The maximum Gasteiger partial charge on any atom is 0.310 e. The van der Waals surface area contributed by atoms with E-state index < -0.39 is 11.9 Å². The number of allylic oxidation sites excluding steroid dienone is 2. The third-order valence-electron chi connectivity index (χ3n) is 5.48. The third kappa shape index (κ3) is 6.17. The zero-order valence-corrected chi connectivity index (χ0v) is 18.3. The van der Waals surface area contributed by atoms with E-state index in [2.05, 4.69) is 4.99 Å². The lowest BCUT2D eigenvalue weighted by atomic mass is 9.97. The number of carboxylic acids is 1. The summed E-state index contributed by atoms with van der Waals surface area (Å²) in [5, 5.41) is 9.02. The first-order chi connectivity index (χ1) is 15.5. The van der Waals surface area contributed by atoms with E-state index in [9.17, 15) is 9.59 Å². The largest absolute Gasteiger partial charge is 0.481 e. The van der Waals surface area contributed by atoms with Crippen molar-refractivity contribution in [2.45, 2.75) is 32.7 Å². The molecule has 0 aliphatic heterocycles. The molecule has 32 heavy (non-hydrogen) atoms. The Labute approximate surface area is 188 Å². The highest BCUT2D eigenvalue weighted by Crippen LogP contribution is 2.17. The van der Waals surface area contributed by atoms with E-state index in [1.807, 2.05) is 66.2 Å². The van der Waals surface area contributed by atoms with Gasteiger partial charge in [0.15, 0.2) is 0 Å². The number of nitrogens with two attached hydrogens (primary N) is 1. The Kier molecular flexibility index (Phi) is 7.97. The third-order valence-corrected chi connectivity index (χ3v) is 5.48. The molecule has 0 amide bonds. The van der Waals surface area contributed by atoms with Crippen molar-refractivity contribution in [2.24, 2.45) is 16.6 Å². The molecule has 0 radical (unpaired) electrons. The Hall–Kier alpha value is -3.67. The summed E-state index contributed by atoms with van der Waals surface area (Å²) in [6.45, 7) is 3.20. The number of aliphatic carboxylic acids is 1. The molecule has 3 rings (SSSR count). The highest BCUT2D eigenvalue weighted by atomic mass is 16.4. The zero-order valence-electron chi connectivity index (χ0n) is 18.3. The molecule has 0 saturated carbocycles. The van der Waals surface area contributed by atoms with Crippen LogP contribution >= 0.6 is 0 Å². The number of ketones is 1. The van der Waals surface area contributed by atoms with E-state index in [0.29, 0.717) is 30.8 Å². The van der Waals surface area contributed by atoms with Crippen LogP contribution in [0.4, 0.5) is 0 Å². The van der Waals surface area contributed by atoms with Crippen LogP contribution in [-0.4, -0.2) is 34.2 Å². The number of aromatic nitrogens is 1. The predicted octanol–water partition coefficient (Wildman–Crippen LogP) is 4.31. The molecule has 2 aromatic rings. The molecular formula is C26H29N3O3. The van der Waals surface area contributed by atoms with Gasteiger partial charge in [0, 0.05) is 24.5 Å². The summed E-state index contributed by atoms with van der Waals surface area (Å²) in [4.78, 5) is 28.2. The number of aliphatic imine (C=N–C) groups is 1. The van der Waals surface area contributed by atoms with Crippen molar-refractivity contribution in [2.75, 3.05) is 6.54 Å². The van der Waals surface area contributed by atoms with Crippen molar-refractivity contribution in [3.8, 4) is 0 Å². The van der Waals surface area contributed by atoms with Crippen molar-refractivity contribution in [1.29, 1.82) is 0 Å². The minimum absolute atomic E-state index is 0.0186. The summed E-state index contributed by atoms with van der Waals surface area (Å²) >= 11 is 0. The Morgan fingerprint density at radius 3 is 2.69 bits per heavy atom. The average molecular weight is 432 g/mol. The first kappa shape index (κ1) is 23.0. The van der Waals surface area contributed by atoms with Crippen LogP contribution in [0.2, 0.25) is 0 Å². The highest BCUT2D eigenvalue weighted by molar-refractivity contribution is 6.08. The number of nitrogens with zero attached hydrogens (tertiary/aromatic N) is 2. The van der Waals surface area contributed by atoms with Crippen LogP contribution in [0.1, 0.15) is 40.9 Å². The Morgan fingerprint density at radius 2 is 2.03 bits per heavy atom. The lowest BCUT2D eigenvalue weighted by Crippen LogP contribution is -2.12. The molecule has 166 valence electrons. The van der Waals surface area contributed by atoms with Crippen LogP contribution < -0.4 is 5.73 Å². The van der Waals surface area contributed by atoms with Gasteiger partial charge >= 0.3 is 5.97 Å². The van der Waals surface area contributed by atoms with Gasteiger partial charge in [0.25, 0.3) is 0 Å². The summed E-state index contributed by atoms with van der Waals surface area (Å²) in [5.41, 5.74) is 10.2. The Balaban J connectivity index is 1.50. The Morgan fingerprint density at radius 1 is 1.25 bits per heavy atom. The van der Waals surface area contributed by atoms with Gasteiger partial charge in [0.05, 0.1) is 18.2 Å². The molecule has 0 fully saturated rings. The van der Waals surface area contributed by atoms with Gasteiger partial charge in [0.1, 0.15) is 0 Å². The normalized spacial score (nSPS) is 16.3. The van der Waals surface area contributed by atoms with E-state index in [-0.39, 0.29) is 5.78 Å². The average Bonchev–Trinajstić information content (AvgIpc) is 3.27. The summed E-state index contributed by atoms with van der Waals surface area (Å²) in [6.07, 6.45) is 12.8.